The predicted octanol–water partition coefficient (Wildman–Crippen LogP) is 3.25. The first-order valence-electron chi connectivity index (χ1n) is 7.28. The van der Waals surface area contributed by atoms with Gasteiger partial charge in [-0.15, -0.1) is 12.4 Å². The molecule has 1 saturated carbocycles. The average molecular weight is 315 g/mol. The number of hydrogen-bond donors (Lipinski definition) is 2. The van der Waals surface area contributed by atoms with Crippen molar-refractivity contribution in [3.8, 4) is 0 Å². The molecule has 3 atom stereocenters. The lowest BCUT2D eigenvalue weighted by atomic mass is 9.99. The molecule has 1 aromatic rings. The lowest BCUT2D eigenvalue weighted by Gasteiger charge is -2.18. The summed E-state index contributed by atoms with van der Waals surface area (Å²) in [5, 5.41) is 2.97. The minimum Gasteiger partial charge on any atom is -0.350 e. The third kappa shape index (κ3) is 4.68. The number of benzene rings is 1. The van der Waals surface area contributed by atoms with Crippen molar-refractivity contribution in [2.24, 2.45) is 11.7 Å². The number of halogens is 2. The molecule has 0 bridgehead atoms. The van der Waals surface area contributed by atoms with Crippen molar-refractivity contribution in [3.63, 3.8) is 0 Å². The van der Waals surface area contributed by atoms with Gasteiger partial charge in [0.25, 0.3) is 0 Å². The fourth-order valence-corrected chi connectivity index (χ4v) is 2.88. The molecule has 0 heterocycles. The summed E-state index contributed by atoms with van der Waals surface area (Å²) in [6.45, 7) is 3.64. The Morgan fingerprint density at radius 1 is 1.48 bits per heavy atom. The van der Waals surface area contributed by atoms with Gasteiger partial charge < -0.3 is 11.1 Å². The first kappa shape index (κ1) is 17.9. The van der Waals surface area contributed by atoms with Gasteiger partial charge in [0.05, 0.1) is 6.04 Å². The van der Waals surface area contributed by atoms with Gasteiger partial charge in [0.2, 0.25) is 5.91 Å². The summed E-state index contributed by atoms with van der Waals surface area (Å²) in [5.41, 5.74) is 7.51. The normalized spacial score (nSPS) is 22.5. The Kier molecular flexibility index (Phi) is 6.62. The highest BCUT2D eigenvalue weighted by molar-refractivity contribution is 5.85. The SMILES string of the molecule is Cc1cc(C(C)NC(=O)C[C@@H]2CCC[C@H]2N)ccc1F.Cl. The van der Waals surface area contributed by atoms with Gasteiger partial charge in [-0.05, 0) is 49.8 Å². The summed E-state index contributed by atoms with van der Waals surface area (Å²) < 4.78 is 13.2. The molecule has 1 amide bonds. The van der Waals surface area contributed by atoms with E-state index in [0.717, 1.165) is 24.8 Å². The van der Waals surface area contributed by atoms with Crippen molar-refractivity contribution in [1.82, 2.24) is 5.32 Å². The van der Waals surface area contributed by atoms with E-state index in [1.807, 2.05) is 6.92 Å². The Morgan fingerprint density at radius 3 is 2.76 bits per heavy atom. The highest BCUT2D eigenvalue weighted by Crippen LogP contribution is 2.27. The molecule has 2 rings (SSSR count). The zero-order valence-electron chi connectivity index (χ0n) is 12.6. The fourth-order valence-electron chi connectivity index (χ4n) is 2.88. The zero-order chi connectivity index (χ0) is 14.7. The highest BCUT2D eigenvalue weighted by Gasteiger charge is 2.26. The second kappa shape index (κ2) is 7.76. The molecule has 0 aliphatic heterocycles. The lowest BCUT2D eigenvalue weighted by Crippen LogP contribution is -2.32. The molecule has 0 spiro atoms. The Hall–Kier alpha value is -1.13. The summed E-state index contributed by atoms with van der Waals surface area (Å²) >= 11 is 0. The molecule has 3 nitrogen and oxygen atoms in total. The van der Waals surface area contributed by atoms with E-state index in [-0.39, 0.29) is 36.2 Å². The van der Waals surface area contributed by atoms with E-state index in [2.05, 4.69) is 5.32 Å². The molecular formula is C16H24ClFN2O. The first-order valence-corrected chi connectivity index (χ1v) is 7.28. The van der Waals surface area contributed by atoms with E-state index in [9.17, 15) is 9.18 Å². The number of nitrogens with two attached hydrogens (primary N) is 1. The zero-order valence-corrected chi connectivity index (χ0v) is 13.4. The van der Waals surface area contributed by atoms with Crippen LogP contribution in [-0.2, 0) is 4.79 Å². The van der Waals surface area contributed by atoms with Crippen LogP contribution < -0.4 is 11.1 Å². The van der Waals surface area contributed by atoms with Gasteiger partial charge >= 0.3 is 0 Å². The van der Waals surface area contributed by atoms with Crippen LogP contribution in [0.15, 0.2) is 18.2 Å². The van der Waals surface area contributed by atoms with Crippen LogP contribution in [-0.4, -0.2) is 11.9 Å². The standard InChI is InChI=1S/C16H23FN2O.ClH/c1-10-8-12(6-7-14(10)17)11(2)19-16(20)9-13-4-3-5-15(13)18;/h6-8,11,13,15H,3-5,9,18H2,1-2H3,(H,19,20);1H/t11?,13-,15+;/m0./s1. The van der Waals surface area contributed by atoms with Crippen molar-refractivity contribution >= 4 is 18.3 Å². The third-order valence-corrected chi connectivity index (χ3v) is 4.22. The maximum Gasteiger partial charge on any atom is 0.220 e. The topological polar surface area (TPSA) is 55.1 Å². The molecule has 1 fully saturated rings. The van der Waals surface area contributed by atoms with E-state index in [1.54, 1.807) is 19.1 Å². The molecule has 0 radical (unpaired) electrons. The first-order chi connectivity index (χ1) is 9.47. The van der Waals surface area contributed by atoms with Gasteiger partial charge in [0, 0.05) is 12.5 Å². The van der Waals surface area contributed by atoms with E-state index in [4.69, 9.17) is 5.73 Å². The minimum atomic E-state index is -0.218. The predicted molar refractivity (Wildman–Crippen MR) is 84.9 cm³/mol. The van der Waals surface area contributed by atoms with E-state index < -0.39 is 0 Å². The third-order valence-electron chi connectivity index (χ3n) is 4.22. The maximum absolute atomic E-state index is 13.2. The summed E-state index contributed by atoms with van der Waals surface area (Å²) in [5.74, 6) is 0.114. The van der Waals surface area contributed by atoms with E-state index in [0.29, 0.717) is 17.9 Å². The quantitative estimate of drug-likeness (QED) is 0.896. The van der Waals surface area contributed by atoms with Crippen LogP contribution in [0.2, 0.25) is 0 Å². The van der Waals surface area contributed by atoms with Crippen molar-refractivity contribution in [3.05, 3.63) is 35.1 Å². The number of rotatable bonds is 4. The Balaban J connectivity index is 0.00000220. The molecule has 118 valence electrons. The van der Waals surface area contributed by atoms with Gasteiger partial charge in [-0.25, -0.2) is 4.39 Å². The molecule has 1 aliphatic carbocycles. The summed E-state index contributed by atoms with van der Waals surface area (Å²) in [7, 11) is 0. The maximum atomic E-state index is 13.2. The van der Waals surface area contributed by atoms with E-state index >= 15 is 0 Å². The number of hydrogen-bond acceptors (Lipinski definition) is 2. The second-order valence-electron chi connectivity index (χ2n) is 5.86. The molecule has 0 aromatic heterocycles. The molecule has 1 aliphatic rings. The van der Waals surface area contributed by atoms with Gasteiger partial charge in [-0.2, -0.15) is 0 Å². The largest absolute Gasteiger partial charge is 0.350 e. The van der Waals surface area contributed by atoms with E-state index in [1.165, 1.54) is 6.07 Å². The number of aryl methyl sites for hydroxylation is 1. The van der Waals surface area contributed by atoms with Crippen LogP contribution in [0.4, 0.5) is 4.39 Å². The fraction of sp³-hybridized carbons (Fsp3) is 0.562. The van der Waals surface area contributed by atoms with Crippen molar-refractivity contribution < 1.29 is 9.18 Å². The molecule has 5 heteroatoms. The van der Waals surface area contributed by atoms with Crippen LogP contribution >= 0.6 is 12.4 Å². The van der Waals surface area contributed by atoms with Crippen LogP contribution in [0.5, 0.6) is 0 Å². The Labute approximate surface area is 131 Å². The average Bonchev–Trinajstić information content (AvgIpc) is 2.78. The Bertz CT molecular complexity index is 495. The lowest BCUT2D eigenvalue weighted by molar-refractivity contribution is -0.122. The number of amides is 1. The molecule has 1 unspecified atom stereocenters. The van der Waals surface area contributed by atoms with Crippen molar-refractivity contribution in [2.75, 3.05) is 0 Å². The van der Waals surface area contributed by atoms with Crippen molar-refractivity contribution in [1.29, 1.82) is 0 Å². The molecule has 21 heavy (non-hydrogen) atoms. The van der Waals surface area contributed by atoms with Gasteiger partial charge in [0.1, 0.15) is 5.82 Å². The smallest absolute Gasteiger partial charge is 0.220 e. The van der Waals surface area contributed by atoms with Crippen LogP contribution in [0.25, 0.3) is 0 Å². The molecule has 1 aromatic carbocycles. The van der Waals surface area contributed by atoms with Crippen LogP contribution in [0.1, 0.15) is 49.8 Å². The molecule has 0 saturated heterocycles. The van der Waals surface area contributed by atoms with Crippen LogP contribution in [0, 0.1) is 18.7 Å². The highest BCUT2D eigenvalue weighted by atomic mass is 35.5. The molecular weight excluding hydrogens is 291 g/mol. The second-order valence-corrected chi connectivity index (χ2v) is 5.86. The number of carbonyl (C=O) groups excluding carboxylic acids is 1. The summed E-state index contributed by atoms with van der Waals surface area (Å²) in [6, 6.07) is 4.99. The number of carbonyl (C=O) groups is 1. The summed E-state index contributed by atoms with van der Waals surface area (Å²) in [6.07, 6.45) is 3.67. The Morgan fingerprint density at radius 2 is 2.19 bits per heavy atom. The van der Waals surface area contributed by atoms with Gasteiger partial charge in [-0.3, -0.25) is 4.79 Å². The van der Waals surface area contributed by atoms with Crippen LogP contribution in [0.3, 0.4) is 0 Å². The van der Waals surface area contributed by atoms with Gasteiger partial charge in [-0.1, -0.05) is 18.6 Å². The summed E-state index contributed by atoms with van der Waals surface area (Å²) in [4.78, 5) is 12.0. The monoisotopic (exact) mass is 314 g/mol. The number of nitrogens with one attached hydrogen (secondary N) is 1. The van der Waals surface area contributed by atoms with Crippen molar-refractivity contribution in [2.45, 2.75) is 51.6 Å². The molecule has 3 N–H and O–H groups in total. The minimum absolute atomic E-state index is 0. The van der Waals surface area contributed by atoms with Gasteiger partial charge in [0.15, 0.2) is 0 Å².